The van der Waals surface area contributed by atoms with Gasteiger partial charge in [-0.3, -0.25) is 0 Å². The average Bonchev–Trinajstić information content (AvgIpc) is 2.93. The van der Waals surface area contributed by atoms with Crippen LogP contribution in [0, 0.1) is 5.92 Å². The van der Waals surface area contributed by atoms with Gasteiger partial charge in [-0.25, -0.2) is 4.98 Å². The summed E-state index contributed by atoms with van der Waals surface area (Å²) in [4.78, 5) is 7.20. The van der Waals surface area contributed by atoms with Crippen LogP contribution in [0.25, 0.3) is 0 Å². The molecule has 1 N–H and O–H groups in total. The molecule has 0 aliphatic heterocycles. The maximum absolute atomic E-state index is 4.64. The lowest BCUT2D eigenvalue weighted by molar-refractivity contribution is 0.525. The number of aromatic nitrogens is 1. The van der Waals surface area contributed by atoms with Crippen LogP contribution in [0.4, 0.5) is 5.82 Å². The highest BCUT2D eigenvalue weighted by atomic mass is 15.2. The van der Waals surface area contributed by atoms with Gasteiger partial charge in [0, 0.05) is 25.3 Å². The van der Waals surface area contributed by atoms with Gasteiger partial charge in [-0.2, -0.15) is 0 Å². The number of hydrogen-bond acceptors (Lipinski definition) is 3. The molecule has 0 radical (unpaired) electrons. The van der Waals surface area contributed by atoms with Crippen molar-refractivity contribution in [3.05, 3.63) is 23.9 Å². The average molecular weight is 275 g/mol. The van der Waals surface area contributed by atoms with E-state index in [0.717, 1.165) is 19.0 Å². The van der Waals surface area contributed by atoms with Crippen molar-refractivity contribution in [3.8, 4) is 0 Å². The van der Waals surface area contributed by atoms with E-state index in [9.17, 15) is 0 Å². The van der Waals surface area contributed by atoms with E-state index in [-0.39, 0.29) is 0 Å². The van der Waals surface area contributed by atoms with Crippen molar-refractivity contribution in [2.24, 2.45) is 5.92 Å². The molecule has 0 bridgehead atoms. The number of pyridine rings is 1. The summed E-state index contributed by atoms with van der Waals surface area (Å²) in [5.74, 6) is 1.92. The normalized spacial score (nSPS) is 16.0. The van der Waals surface area contributed by atoms with Gasteiger partial charge in [0.25, 0.3) is 0 Å². The van der Waals surface area contributed by atoms with Gasteiger partial charge < -0.3 is 10.2 Å². The minimum atomic E-state index is 0.700. The molecule has 0 amide bonds. The van der Waals surface area contributed by atoms with Gasteiger partial charge in [-0.05, 0) is 49.9 Å². The second-order valence-corrected chi connectivity index (χ2v) is 6.37. The quantitative estimate of drug-likeness (QED) is 0.824. The molecule has 1 heterocycles. The van der Waals surface area contributed by atoms with E-state index < -0.39 is 0 Å². The summed E-state index contributed by atoms with van der Waals surface area (Å²) < 4.78 is 0. The van der Waals surface area contributed by atoms with E-state index in [4.69, 9.17) is 0 Å². The van der Waals surface area contributed by atoms with Crippen molar-refractivity contribution in [3.63, 3.8) is 0 Å². The summed E-state index contributed by atoms with van der Waals surface area (Å²) >= 11 is 0. The molecule has 1 aliphatic carbocycles. The number of nitrogens with zero attached hydrogens (tertiary/aromatic N) is 2. The van der Waals surface area contributed by atoms with Gasteiger partial charge in [-0.15, -0.1) is 0 Å². The summed E-state index contributed by atoms with van der Waals surface area (Å²) in [7, 11) is 1.99. The van der Waals surface area contributed by atoms with Gasteiger partial charge in [0.1, 0.15) is 5.82 Å². The van der Waals surface area contributed by atoms with Gasteiger partial charge >= 0.3 is 0 Å². The van der Waals surface area contributed by atoms with Crippen LogP contribution in [0.2, 0.25) is 0 Å². The Hall–Kier alpha value is -1.09. The van der Waals surface area contributed by atoms with Crippen LogP contribution in [0.1, 0.15) is 51.5 Å². The Morgan fingerprint density at radius 1 is 1.35 bits per heavy atom. The molecule has 1 saturated carbocycles. The Morgan fingerprint density at radius 3 is 2.75 bits per heavy atom. The summed E-state index contributed by atoms with van der Waals surface area (Å²) in [6.45, 7) is 6.66. The highest BCUT2D eigenvalue weighted by molar-refractivity contribution is 5.42. The van der Waals surface area contributed by atoms with Gasteiger partial charge in [-0.1, -0.05) is 26.7 Å². The molecule has 0 aromatic carbocycles. The predicted molar refractivity (Wildman–Crippen MR) is 86.1 cm³/mol. The van der Waals surface area contributed by atoms with E-state index in [0.29, 0.717) is 6.04 Å². The lowest BCUT2D eigenvalue weighted by Gasteiger charge is -2.31. The zero-order valence-corrected chi connectivity index (χ0v) is 13.2. The summed E-state index contributed by atoms with van der Waals surface area (Å²) in [6.07, 6.45) is 8.61. The summed E-state index contributed by atoms with van der Waals surface area (Å²) in [5, 5.41) is 3.22. The van der Waals surface area contributed by atoms with Gasteiger partial charge in [0.05, 0.1) is 0 Å². The largest absolute Gasteiger partial charge is 0.354 e. The van der Waals surface area contributed by atoms with E-state index >= 15 is 0 Å². The highest BCUT2D eigenvalue weighted by Gasteiger charge is 2.23. The van der Waals surface area contributed by atoms with Crippen molar-refractivity contribution in [2.45, 2.75) is 58.5 Å². The number of nitrogens with one attached hydrogen (secondary N) is 1. The van der Waals surface area contributed by atoms with Gasteiger partial charge in [0.2, 0.25) is 0 Å². The van der Waals surface area contributed by atoms with Crippen molar-refractivity contribution in [1.29, 1.82) is 0 Å². The molecule has 0 saturated heterocycles. The van der Waals surface area contributed by atoms with Crippen LogP contribution in [-0.2, 0) is 6.54 Å². The summed E-state index contributed by atoms with van der Waals surface area (Å²) in [6, 6.07) is 5.07. The topological polar surface area (TPSA) is 28.2 Å². The zero-order valence-electron chi connectivity index (χ0n) is 13.2. The molecule has 0 unspecified atom stereocenters. The Labute approximate surface area is 123 Å². The van der Waals surface area contributed by atoms with E-state index in [2.05, 4.69) is 41.2 Å². The maximum atomic E-state index is 4.64. The molecule has 1 aromatic heterocycles. The van der Waals surface area contributed by atoms with Crippen molar-refractivity contribution < 1.29 is 0 Å². The fourth-order valence-electron chi connectivity index (χ4n) is 3.03. The summed E-state index contributed by atoms with van der Waals surface area (Å²) in [5.41, 5.74) is 1.32. The fourth-order valence-corrected chi connectivity index (χ4v) is 3.03. The number of rotatable bonds is 7. The third kappa shape index (κ3) is 4.20. The highest BCUT2D eigenvalue weighted by Crippen LogP contribution is 2.28. The maximum Gasteiger partial charge on any atom is 0.129 e. The molecule has 3 heteroatoms. The molecule has 3 nitrogen and oxygen atoms in total. The predicted octanol–water partition coefficient (Wildman–Crippen LogP) is 3.60. The van der Waals surface area contributed by atoms with Crippen LogP contribution in [0.15, 0.2) is 18.3 Å². The van der Waals surface area contributed by atoms with Crippen LogP contribution in [0.3, 0.4) is 0 Å². The third-order valence-corrected chi connectivity index (χ3v) is 4.20. The Kier molecular flexibility index (Phi) is 5.84. The second kappa shape index (κ2) is 7.63. The minimum Gasteiger partial charge on any atom is -0.354 e. The zero-order chi connectivity index (χ0) is 14.4. The van der Waals surface area contributed by atoms with Crippen molar-refractivity contribution >= 4 is 5.82 Å². The van der Waals surface area contributed by atoms with Crippen LogP contribution in [0.5, 0.6) is 0 Å². The van der Waals surface area contributed by atoms with E-state index in [1.165, 1.54) is 43.5 Å². The Balaban J connectivity index is 2.13. The first-order valence-electron chi connectivity index (χ1n) is 8.07. The fraction of sp³-hybridized carbons (Fsp3) is 0.706. The first kappa shape index (κ1) is 15.3. The molecule has 112 valence electrons. The second-order valence-electron chi connectivity index (χ2n) is 6.37. The third-order valence-electron chi connectivity index (χ3n) is 4.20. The Bertz CT molecular complexity index is 397. The van der Waals surface area contributed by atoms with Crippen molar-refractivity contribution in [2.75, 3.05) is 18.5 Å². The van der Waals surface area contributed by atoms with Crippen LogP contribution < -0.4 is 10.2 Å². The molecule has 1 fully saturated rings. The SMILES string of the molecule is CNCc1ccnc(N(CCC(C)C)C2CCCC2)c1. The molecular weight excluding hydrogens is 246 g/mol. The van der Waals surface area contributed by atoms with Crippen LogP contribution >= 0.6 is 0 Å². The lowest BCUT2D eigenvalue weighted by Crippen LogP contribution is -2.35. The Morgan fingerprint density at radius 2 is 2.10 bits per heavy atom. The standard InChI is InChI=1S/C17H29N3/c1-14(2)9-11-20(16-6-4-5-7-16)17-12-15(13-18-3)8-10-19-17/h8,10,12,14,16,18H,4-7,9,11,13H2,1-3H3. The molecule has 0 atom stereocenters. The molecule has 1 aromatic rings. The van der Waals surface area contributed by atoms with Crippen molar-refractivity contribution in [1.82, 2.24) is 10.3 Å². The molecule has 20 heavy (non-hydrogen) atoms. The first-order chi connectivity index (χ1) is 9.70. The number of hydrogen-bond donors (Lipinski definition) is 1. The molecule has 1 aliphatic rings. The molecular formula is C17H29N3. The first-order valence-corrected chi connectivity index (χ1v) is 8.07. The number of anilines is 1. The van der Waals surface area contributed by atoms with Gasteiger partial charge in [0.15, 0.2) is 0 Å². The smallest absolute Gasteiger partial charge is 0.129 e. The van der Waals surface area contributed by atoms with E-state index in [1.54, 1.807) is 0 Å². The van der Waals surface area contributed by atoms with E-state index in [1.807, 2.05) is 13.2 Å². The monoisotopic (exact) mass is 275 g/mol. The minimum absolute atomic E-state index is 0.700. The molecule has 2 rings (SSSR count). The lowest BCUT2D eigenvalue weighted by atomic mass is 10.1. The van der Waals surface area contributed by atoms with Crippen LogP contribution in [-0.4, -0.2) is 24.6 Å². The molecule has 0 spiro atoms.